The average molecular weight is 236 g/mol. The Morgan fingerprint density at radius 1 is 1.41 bits per heavy atom. The first-order valence-electron chi connectivity index (χ1n) is 5.31. The molecular weight excluding hydrogens is 220 g/mol. The molecule has 0 saturated heterocycles. The van der Waals surface area contributed by atoms with Gasteiger partial charge in [-0.25, -0.2) is 4.79 Å². The van der Waals surface area contributed by atoms with Crippen LogP contribution in [0.1, 0.15) is 11.7 Å². The highest BCUT2D eigenvalue weighted by Crippen LogP contribution is 2.18. The van der Waals surface area contributed by atoms with Gasteiger partial charge in [-0.1, -0.05) is 30.3 Å². The highest BCUT2D eigenvalue weighted by molar-refractivity contribution is 5.81. The molecule has 0 amide bonds. The van der Waals surface area contributed by atoms with Gasteiger partial charge in [-0.15, -0.1) is 0 Å². The second kappa shape index (κ2) is 7.60. The molecule has 1 rings (SSSR count). The number of hydrogen-bond donors (Lipinski definition) is 1. The van der Waals surface area contributed by atoms with Crippen LogP contribution in [0.5, 0.6) is 0 Å². The molecule has 0 aromatic heterocycles. The summed E-state index contributed by atoms with van der Waals surface area (Å²) in [4.78, 5) is 11.0. The summed E-state index contributed by atoms with van der Waals surface area (Å²) in [7, 11) is 1.32. The molecule has 0 aliphatic heterocycles. The van der Waals surface area contributed by atoms with Crippen molar-refractivity contribution < 1.29 is 19.4 Å². The summed E-state index contributed by atoms with van der Waals surface area (Å²) < 4.78 is 9.94. The first kappa shape index (κ1) is 13.4. The molecule has 4 nitrogen and oxygen atoms in total. The molecule has 0 spiro atoms. The standard InChI is InChI=1S/C13H16O4/c1-16-13(15)8-7-12(17-10-9-14)11-5-3-2-4-6-11/h2-8,12,14H,9-10H2,1H3/b8-7+/t12-/m1/s1. The molecule has 92 valence electrons. The molecule has 0 heterocycles. The Hall–Kier alpha value is -1.65. The summed E-state index contributed by atoms with van der Waals surface area (Å²) in [5.74, 6) is -0.432. The van der Waals surface area contributed by atoms with Crippen molar-refractivity contribution in [2.24, 2.45) is 0 Å². The fraction of sp³-hybridized carbons (Fsp3) is 0.308. The van der Waals surface area contributed by atoms with Crippen molar-refractivity contribution in [3.63, 3.8) is 0 Å². The lowest BCUT2D eigenvalue weighted by Gasteiger charge is -2.13. The molecule has 0 saturated carbocycles. The lowest BCUT2D eigenvalue weighted by Crippen LogP contribution is -2.06. The minimum Gasteiger partial charge on any atom is -0.466 e. The lowest BCUT2D eigenvalue weighted by atomic mass is 10.1. The van der Waals surface area contributed by atoms with Gasteiger partial charge in [-0.3, -0.25) is 0 Å². The van der Waals surface area contributed by atoms with E-state index in [2.05, 4.69) is 4.74 Å². The van der Waals surface area contributed by atoms with Crippen LogP contribution < -0.4 is 0 Å². The Morgan fingerprint density at radius 3 is 2.71 bits per heavy atom. The summed E-state index contributed by atoms with van der Waals surface area (Å²) in [6.07, 6.45) is 2.56. The van der Waals surface area contributed by atoms with E-state index >= 15 is 0 Å². The van der Waals surface area contributed by atoms with E-state index in [1.807, 2.05) is 30.3 Å². The molecule has 0 fully saturated rings. The molecule has 1 aromatic carbocycles. The van der Waals surface area contributed by atoms with Crippen molar-refractivity contribution in [1.82, 2.24) is 0 Å². The van der Waals surface area contributed by atoms with Gasteiger partial charge in [-0.2, -0.15) is 0 Å². The third-order valence-electron chi connectivity index (χ3n) is 2.13. The van der Waals surface area contributed by atoms with Gasteiger partial charge in [0.15, 0.2) is 0 Å². The molecule has 4 heteroatoms. The number of hydrogen-bond acceptors (Lipinski definition) is 4. The Labute approximate surface area is 100 Å². The van der Waals surface area contributed by atoms with Crippen LogP contribution in [0, 0.1) is 0 Å². The highest BCUT2D eigenvalue weighted by Gasteiger charge is 2.08. The topological polar surface area (TPSA) is 55.8 Å². The molecule has 1 atom stereocenters. The minimum atomic E-state index is -0.432. The summed E-state index contributed by atoms with van der Waals surface area (Å²) in [6, 6.07) is 9.46. The van der Waals surface area contributed by atoms with Crippen LogP contribution in [-0.2, 0) is 14.3 Å². The van der Waals surface area contributed by atoms with Crippen molar-refractivity contribution >= 4 is 5.97 Å². The monoisotopic (exact) mass is 236 g/mol. The molecule has 0 radical (unpaired) electrons. The second-order valence-corrected chi connectivity index (χ2v) is 3.31. The number of ether oxygens (including phenoxy) is 2. The molecule has 1 aromatic rings. The first-order chi connectivity index (χ1) is 8.27. The van der Waals surface area contributed by atoms with Crippen LogP contribution in [0.25, 0.3) is 0 Å². The van der Waals surface area contributed by atoms with E-state index in [1.54, 1.807) is 6.08 Å². The van der Waals surface area contributed by atoms with E-state index in [1.165, 1.54) is 13.2 Å². The van der Waals surface area contributed by atoms with Gasteiger partial charge >= 0.3 is 5.97 Å². The number of esters is 1. The third kappa shape index (κ3) is 4.80. The maximum atomic E-state index is 11.0. The van der Waals surface area contributed by atoms with Gasteiger partial charge in [0.05, 0.1) is 20.3 Å². The van der Waals surface area contributed by atoms with Crippen molar-refractivity contribution in [2.45, 2.75) is 6.10 Å². The fourth-order valence-electron chi connectivity index (χ4n) is 1.32. The Morgan fingerprint density at radius 2 is 2.12 bits per heavy atom. The number of carbonyl (C=O) groups excluding carboxylic acids is 1. The molecule has 1 N–H and O–H groups in total. The maximum Gasteiger partial charge on any atom is 0.330 e. The van der Waals surface area contributed by atoms with Gasteiger partial charge in [-0.05, 0) is 11.6 Å². The van der Waals surface area contributed by atoms with Gasteiger partial charge in [0.1, 0.15) is 6.10 Å². The van der Waals surface area contributed by atoms with Crippen LogP contribution in [-0.4, -0.2) is 31.4 Å². The zero-order chi connectivity index (χ0) is 12.5. The Bertz CT molecular complexity index is 359. The molecule has 0 aliphatic rings. The number of benzene rings is 1. The third-order valence-corrected chi connectivity index (χ3v) is 2.13. The number of carbonyl (C=O) groups is 1. The normalized spacial score (nSPS) is 12.6. The molecule has 17 heavy (non-hydrogen) atoms. The number of methoxy groups -OCH3 is 1. The average Bonchev–Trinajstić information content (AvgIpc) is 2.39. The smallest absolute Gasteiger partial charge is 0.330 e. The highest BCUT2D eigenvalue weighted by atomic mass is 16.5. The quantitative estimate of drug-likeness (QED) is 0.600. The van der Waals surface area contributed by atoms with E-state index in [0.29, 0.717) is 0 Å². The van der Waals surface area contributed by atoms with E-state index in [4.69, 9.17) is 9.84 Å². The number of aliphatic hydroxyl groups excluding tert-OH is 1. The van der Waals surface area contributed by atoms with E-state index in [-0.39, 0.29) is 19.3 Å². The van der Waals surface area contributed by atoms with E-state index in [0.717, 1.165) is 5.56 Å². The summed E-state index contributed by atoms with van der Waals surface area (Å²) in [5, 5.41) is 8.74. The fourth-order valence-corrected chi connectivity index (χ4v) is 1.32. The second-order valence-electron chi connectivity index (χ2n) is 3.31. The summed E-state index contributed by atoms with van der Waals surface area (Å²) >= 11 is 0. The molecular formula is C13H16O4. The van der Waals surface area contributed by atoms with E-state index < -0.39 is 5.97 Å². The lowest BCUT2D eigenvalue weighted by molar-refractivity contribution is -0.134. The zero-order valence-corrected chi connectivity index (χ0v) is 9.70. The summed E-state index contributed by atoms with van der Waals surface area (Å²) in [6.45, 7) is 0.153. The van der Waals surface area contributed by atoms with Crippen LogP contribution in [0.3, 0.4) is 0 Å². The Kier molecular flexibility index (Phi) is 5.99. The number of rotatable bonds is 6. The van der Waals surface area contributed by atoms with Gasteiger partial charge < -0.3 is 14.6 Å². The van der Waals surface area contributed by atoms with Gasteiger partial charge in [0.25, 0.3) is 0 Å². The summed E-state index contributed by atoms with van der Waals surface area (Å²) in [5.41, 5.74) is 0.918. The van der Waals surface area contributed by atoms with Crippen LogP contribution in [0.4, 0.5) is 0 Å². The minimum absolute atomic E-state index is 0.0601. The van der Waals surface area contributed by atoms with Gasteiger partial charge in [0.2, 0.25) is 0 Å². The molecule has 0 bridgehead atoms. The van der Waals surface area contributed by atoms with Crippen molar-refractivity contribution in [3.05, 3.63) is 48.0 Å². The van der Waals surface area contributed by atoms with Gasteiger partial charge in [0, 0.05) is 6.08 Å². The van der Waals surface area contributed by atoms with Crippen molar-refractivity contribution in [3.8, 4) is 0 Å². The van der Waals surface area contributed by atoms with Crippen LogP contribution >= 0.6 is 0 Å². The first-order valence-corrected chi connectivity index (χ1v) is 5.31. The van der Waals surface area contributed by atoms with Crippen molar-refractivity contribution in [2.75, 3.05) is 20.3 Å². The maximum absolute atomic E-state index is 11.0. The SMILES string of the molecule is COC(=O)/C=C/[C@@H](OCCO)c1ccccc1. The van der Waals surface area contributed by atoms with Crippen LogP contribution in [0.2, 0.25) is 0 Å². The predicted molar refractivity (Wildman–Crippen MR) is 63.4 cm³/mol. The zero-order valence-electron chi connectivity index (χ0n) is 9.70. The number of aliphatic hydroxyl groups is 1. The molecule has 0 aliphatic carbocycles. The van der Waals surface area contributed by atoms with Crippen molar-refractivity contribution in [1.29, 1.82) is 0 Å². The molecule has 0 unspecified atom stereocenters. The van der Waals surface area contributed by atoms with Crippen LogP contribution in [0.15, 0.2) is 42.5 Å². The predicted octanol–water partition coefficient (Wildman–Crippen LogP) is 1.47. The largest absolute Gasteiger partial charge is 0.466 e. The Balaban J connectivity index is 2.74. The van der Waals surface area contributed by atoms with E-state index in [9.17, 15) is 4.79 Å².